The standard InChI is InChI=1S/C31H33N5O5/c1-21-7-8-23(33-29(37)22-17-28-31(32-20-22)41-16-15-40-28)18-26(21)34-30(38)27-6-4-5-24-19-25(9-12-36(24)27)39-14-13-35-10-2-3-11-35/h4-9,17-20H,2-3,10-16H2,1H3,(H,33,37)(H,34,38). The van der Waals surface area contributed by atoms with E-state index in [1.54, 1.807) is 24.3 Å². The molecule has 41 heavy (non-hydrogen) atoms. The van der Waals surface area contributed by atoms with Crippen LogP contribution in [-0.2, 0) is 9.53 Å². The van der Waals surface area contributed by atoms with Gasteiger partial charge in [0.15, 0.2) is 5.75 Å². The van der Waals surface area contributed by atoms with Gasteiger partial charge in [-0.15, -0.1) is 0 Å². The minimum absolute atomic E-state index is 0.241. The predicted octanol–water partition coefficient (Wildman–Crippen LogP) is 4.00. The number of rotatable bonds is 8. The quantitative estimate of drug-likeness (QED) is 0.504. The highest BCUT2D eigenvalue weighted by Crippen LogP contribution is 2.30. The fourth-order valence-electron chi connectivity index (χ4n) is 5.15. The molecule has 0 bridgehead atoms. The van der Waals surface area contributed by atoms with E-state index in [4.69, 9.17) is 14.2 Å². The van der Waals surface area contributed by atoms with Gasteiger partial charge in [-0.25, -0.2) is 4.98 Å². The number of nitrogens with one attached hydrogen (secondary N) is 2. The topological polar surface area (TPSA) is 105 Å². The zero-order valence-electron chi connectivity index (χ0n) is 23.0. The van der Waals surface area contributed by atoms with E-state index < -0.39 is 0 Å². The zero-order chi connectivity index (χ0) is 28.2. The average molecular weight is 556 g/mol. The van der Waals surface area contributed by atoms with Gasteiger partial charge in [-0.3, -0.25) is 14.5 Å². The number of aryl methyl sites for hydroxylation is 1. The summed E-state index contributed by atoms with van der Waals surface area (Å²) in [5.41, 5.74) is 3.79. The van der Waals surface area contributed by atoms with Crippen molar-refractivity contribution in [3.8, 4) is 11.6 Å². The molecule has 0 aliphatic carbocycles. The van der Waals surface area contributed by atoms with Crippen molar-refractivity contribution >= 4 is 23.2 Å². The fraction of sp³-hybridized carbons (Fsp3) is 0.323. The Morgan fingerprint density at radius 2 is 1.93 bits per heavy atom. The Morgan fingerprint density at radius 3 is 2.80 bits per heavy atom. The molecule has 2 aromatic rings. The highest BCUT2D eigenvalue weighted by atomic mass is 16.6. The van der Waals surface area contributed by atoms with Gasteiger partial charge >= 0.3 is 0 Å². The molecule has 1 fully saturated rings. The van der Waals surface area contributed by atoms with Gasteiger partial charge < -0.3 is 29.7 Å². The van der Waals surface area contributed by atoms with Gasteiger partial charge in [-0.2, -0.15) is 0 Å². The van der Waals surface area contributed by atoms with Crippen LogP contribution in [0.3, 0.4) is 0 Å². The molecule has 4 aliphatic heterocycles. The minimum Gasteiger partial charge on any atom is -0.492 e. The maximum atomic E-state index is 13.4. The molecule has 2 N–H and O–H groups in total. The first-order valence-electron chi connectivity index (χ1n) is 14.0. The van der Waals surface area contributed by atoms with Crippen molar-refractivity contribution in [2.45, 2.75) is 19.8 Å². The first-order valence-corrected chi connectivity index (χ1v) is 14.0. The lowest BCUT2D eigenvalue weighted by atomic mass is 10.1. The summed E-state index contributed by atoms with van der Waals surface area (Å²) in [5, 5.41) is 5.89. The smallest absolute Gasteiger partial charge is 0.272 e. The Labute approximate surface area is 239 Å². The summed E-state index contributed by atoms with van der Waals surface area (Å²) in [7, 11) is 0. The molecule has 0 spiro atoms. The lowest BCUT2D eigenvalue weighted by Crippen LogP contribution is -2.33. The van der Waals surface area contributed by atoms with Gasteiger partial charge in [0, 0.05) is 48.5 Å². The number of nitrogens with zero attached hydrogens (tertiary/aromatic N) is 3. The van der Waals surface area contributed by atoms with Crippen molar-refractivity contribution < 1.29 is 23.8 Å². The van der Waals surface area contributed by atoms with Crippen molar-refractivity contribution in [2.24, 2.45) is 0 Å². The number of hydrogen-bond donors (Lipinski definition) is 2. The molecule has 0 atom stereocenters. The summed E-state index contributed by atoms with van der Waals surface area (Å²) in [6.07, 6.45) is 13.6. The van der Waals surface area contributed by atoms with Crippen molar-refractivity contribution in [3.63, 3.8) is 0 Å². The number of likely N-dealkylation sites (tertiary alicyclic amines) is 1. The molecule has 6 rings (SSSR count). The molecule has 212 valence electrons. The Hall–Kier alpha value is -4.57. The van der Waals surface area contributed by atoms with Gasteiger partial charge in [0.05, 0.1) is 5.56 Å². The first kappa shape index (κ1) is 26.6. The third-order valence-electron chi connectivity index (χ3n) is 7.40. The maximum Gasteiger partial charge on any atom is 0.272 e. The van der Waals surface area contributed by atoms with Crippen molar-refractivity contribution in [3.05, 3.63) is 89.1 Å². The number of aromatic nitrogens is 1. The molecule has 1 aromatic carbocycles. The lowest BCUT2D eigenvalue weighted by Gasteiger charge is -2.31. The molecule has 4 aliphatic rings. The molecular weight excluding hydrogens is 522 g/mol. The fourth-order valence-corrected chi connectivity index (χ4v) is 5.15. The van der Waals surface area contributed by atoms with Crippen molar-refractivity contribution in [2.75, 3.05) is 56.6 Å². The van der Waals surface area contributed by atoms with E-state index in [0.29, 0.717) is 60.6 Å². The monoisotopic (exact) mass is 555 g/mol. The van der Waals surface area contributed by atoms with Crippen LogP contribution >= 0.6 is 0 Å². The average Bonchev–Trinajstić information content (AvgIpc) is 3.52. The van der Waals surface area contributed by atoms with Gasteiger partial charge in [0.1, 0.15) is 31.3 Å². The molecule has 0 unspecified atom stereocenters. The van der Waals surface area contributed by atoms with Gasteiger partial charge in [0.25, 0.3) is 17.7 Å². The van der Waals surface area contributed by atoms with Crippen LogP contribution in [0.15, 0.2) is 78.0 Å². The van der Waals surface area contributed by atoms with Gasteiger partial charge in [-0.05, 0) is 68.8 Å². The molecule has 10 nitrogen and oxygen atoms in total. The van der Waals surface area contributed by atoms with E-state index >= 15 is 0 Å². The van der Waals surface area contributed by atoms with Crippen LogP contribution in [0, 0.1) is 6.92 Å². The number of anilines is 2. The lowest BCUT2D eigenvalue weighted by molar-refractivity contribution is -0.114. The van der Waals surface area contributed by atoms with E-state index in [1.807, 2.05) is 42.2 Å². The Bertz CT molecular complexity index is 1470. The second kappa shape index (κ2) is 11.9. The maximum absolute atomic E-state index is 13.4. The SMILES string of the molecule is Cc1ccc(NC(=O)c2cnc3c(c2)OCCO3)cc1NC(=O)C1=CC=CC2=CC(OCCN3CCCC3)=CCN21. The van der Waals surface area contributed by atoms with Crippen LogP contribution in [0.5, 0.6) is 11.6 Å². The van der Waals surface area contributed by atoms with E-state index in [1.165, 1.54) is 19.0 Å². The van der Waals surface area contributed by atoms with Gasteiger partial charge in [-0.1, -0.05) is 12.1 Å². The molecule has 2 amide bonds. The van der Waals surface area contributed by atoms with Crippen LogP contribution in [0.25, 0.3) is 0 Å². The van der Waals surface area contributed by atoms with Crippen LogP contribution < -0.4 is 20.1 Å². The number of amides is 2. The van der Waals surface area contributed by atoms with Crippen LogP contribution in [0.4, 0.5) is 11.4 Å². The summed E-state index contributed by atoms with van der Waals surface area (Å²) < 4.78 is 17.0. The second-order valence-corrected chi connectivity index (χ2v) is 10.3. The number of fused-ring (bicyclic) bond motifs is 2. The molecule has 0 saturated carbocycles. The van der Waals surface area contributed by atoms with Crippen molar-refractivity contribution in [1.82, 2.24) is 14.8 Å². The minimum atomic E-state index is -0.343. The van der Waals surface area contributed by atoms with Crippen LogP contribution in [0.1, 0.15) is 28.8 Å². The largest absolute Gasteiger partial charge is 0.492 e. The second-order valence-electron chi connectivity index (χ2n) is 10.3. The molecule has 5 heterocycles. The molecule has 1 aromatic heterocycles. The molecular formula is C31H33N5O5. The van der Waals surface area contributed by atoms with Crippen LogP contribution in [0.2, 0.25) is 0 Å². The van der Waals surface area contributed by atoms with Crippen LogP contribution in [-0.4, -0.2) is 72.6 Å². The summed E-state index contributed by atoms with van der Waals surface area (Å²) in [5.74, 6) is 1.06. The highest BCUT2D eigenvalue weighted by molar-refractivity contribution is 6.06. The molecule has 1 saturated heterocycles. The number of allylic oxidation sites excluding steroid dienone is 4. The molecule has 0 radical (unpaired) electrons. The third-order valence-corrected chi connectivity index (χ3v) is 7.40. The van der Waals surface area contributed by atoms with E-state index in [9.17, 15) is 9.59 Å². The summed E-state index contributed by atoms with van der Waals surface area (Å²) in [6.45, 7) is 7.16. The normalized spacial score (nSPS) is 17.7. The number of benzene rings is 1. The number of ether oxygens (including phenoxy) is 3. The van der Waals surface area contributed by atoms with E-state index in [0.717, 1.165) is 36.7 Å². The Balaban J connectivity index is 1.08. The number of carbonyl (C=O) groups is 2. The summed E-state index contributed by atoms with van der Waals surface area (Å²) in [4.78, 5) is 34.9. The number of pyridine rings is 1. The van der Waals surface area contributed by atoms with Crippen molar-refractivity contribution in [1.29, 1.82) is 0 Å². The third kappa shape index (κ3) is 6.12. The summed E-state index contributed by atoms with van der Waals surface area (Å²) >= 11 is 0. The van der Waals surface area contributed by atoms with E-state index in [2.05, 4.69) is 20.5 Å². The summed E-state index contributed by atoms with van der Waals surface area (Å²) in [6, 6.07) is 7.00. The zero-order valence-corrected chi connectivity index (χ0v) is 23.0. The van der Waals surface area contributed by atoms with E-state index in [-0.39, 0.29) is 11.8 Å². The van der Waals surface area contributed by atoms with Gasteiger partial charge in [0.2, 0.25) is 0 Å². The predicted molar refractivity (Wildman–Crippen MR) is 155 cm³/mol. The number of hydrogen-bond acceptors (Lipinski definition) is 8. The first-order chi connectivity index (χ1) is 20.0. The molecule has 10 heteroatoms. The Morgan fingerprint density at radius 1 is 1.07 bits per heavy atom. The Kier molecular flexibility index (Phi) is 7.73. The number of carbonyl (C=O) groups excluding carboxylic acids is 2. The highest BCUT2D eigenvalue weighted by Gasteiger charge is 2.25.